The molecule has 1 aromatic carbocycles. The number of nitrogens with zero attached hydrogens (tertiary/aromatic N) is 3. The number of benzene rings is 1. The van der Waals surface area contributed by atoms with E-state index in [9.17, 15) is 4.79 Å². The van der Waals surface area contributed by atoms with E-state index in [1.54, 1.807) is 6.07 Å². The minimum atomic E-state index is -0.504. The molecule has 0 aliphatic rings. The minimum Gasteiger partial charge on any atom is -0.490 e. The van der Waals surface area contributed by atoms with Crippen LogP contribution < -0.4 is 10.4 Å². The molecule has 0 unspecified atom stereocenters. The molecule has 0 saturated heterocycles. The maximum Gasteiger partial charge on any atom is 0.347 e. The largest absolute Gasteiger partial charge is 0.490 e. The number of nitrogens with one attached hydrogen (secondary N) is 1. The first-order chi connectivity index (χ1) is 15.8. The number of fused-ring (bicyclic) bond motifs is 1. The lowest BCUT2D eigenvalue weighted by Crippen LogP contribution is -2.05. The summed E-state index contributed by atoms with van der Waals surface area (Å²) in [7, 11) is 0. The van der Waals surface area contributed by atoms with Gasteiger partial charge in [-0.1, -0.05) is 96.1 Å². The van der Waals surface area contributed by atoms with E-state index in [4.69, 9.17) is 9.15 Å². The van der Waals surface area contributed by atoms with Gasteiger partial charge in [-0.25, -0.2) is 4.79 Å². The third kappa shape index (κ3) is 7.46. The fourth-order valence-corrected chi connectivity index (χ4v) is 3.97. The lowest BCUT2D eigenvalue weighted by Gasteiger charge is -2.08. The van der Waals surface area contributed by atoms with Crippen molar-refractivity contribution >= 4 is 11.0 Å². The lowest BCUT2D eigenvalue weighted by atomic mass is 10.0. The van der Waals surface area contributed by atoms with Crippen LogP contribution in [0.4, 0.5) is 0 Å². The number of H-pyrrole nitrogens is 1. The highest BCUT2D eigenvalue weighted by atomic mass is 16.5. The summed E-state index contributed by atoms with van der Waals surface area (Å²) in [5.41, 5.74) is 0.232. The highest BCUT2D eigenvalue weighted by Crippen LogP contribution is 2.27. The Morgan fingerprint density at radius 2 is 1.56 bits per heavy atom. The van der Waals surface area contributed by atoms with E-state index in [2.05, 4.69) is 27.5 Å². The summed E-state index contributed by atoms with van der Waals surface area (Å²) >= 11 is 0. The van der Waals surface area contributed by atoms with Gasteiger partial charge in [-0.05, 0) is 23.8 Å². The SMILES string of the molecule is CCCCCCCCCCCCCCCOc1cccc2cc(-c3nn[nH]n3)c(=O)oc12. The number of unbranched alkanes of at least 4 members (excludes halogenated alkanes) is 12. The van der Waals surface area contributed by atoms with E-state index < -0.39 is 5.63 Å². The molecule has 0 atom stereocenters. The van der Waals surface area contributed by atoms with Crippen LogP contribution in [-0.4, -0.2) is 27.2 Å². The Balaban J connectivity index is 1.32. The van der Waals surface area contributed by atoms with Crippen molar-refractivity contribution in [3.63, 3.8) is 0 Å². The molecule has 2 heterocycles. The molecule has 7 nitrogen and oxygen atoms in total. The van der Waals surface area contributed by atoms with Crippen molar-refractivity contribution in [2.24, 2.45) is 0 Å². The molecule has 0 spiro atoms. The smallest absolute Gasteiger partial charge is 0.347 e. The molecule has 7 heteroatoms. The summed E-state index contributed by atoms with van der Waals surface area (Å²) in [6.07, 6.45) is 17.1. The van der Waals surface area contributed by atoms with Crippen molar-refractivity contribution in [3.8, 4) is 17.1 Å². The van der Waals surface area contributed by atoms with E-state index in [0.29, 0.717) is 17.9 Å². The highest BCUT2D eigenvalue weighted by molar-refractivity contribution is 5.85. The summed E-state index contributed by atoms with van der Waals surface area (Å²) in [4.78, 5) is 12.3. The molecule has 0 radical (unpaired) electrons. The molecule has 174 valence electrons. The van der Waals surface area contributed by atoms with Crippen LogP contribution in [0.1, 0.15) is 90.4 Å². The fraction of sp³-hybridized carbons (Fsp3) is 0.600. The minimum absolute atomic E-state index is 0.221. The van der Waals surface area contributed by atoms with Crippen LogP contribution in [-0.2, 0) is 0 Å². The topological polar surface area (TPSA) is 93.9 Å². The predicted molar refractivity (Wildman–Crippen MR) is 127 cm³/mol. The third-order valence-corrected chi connectivity index (χ3v) is 5.82. The van der Waals surface area contributed by atoms with Crippen molar-refractivity contribution in [1.29, 1.82) is 0 Å². The van der Waals surface area contributed by atoms with Crippen LogP contribution in [0.25, 0.3) is 22.4 Å². The Kier molecular flexibility index (Phi) is 10.2. The maximum atomic E-state index is 12.3. The first-order valence-electron chi connectivity index (χ1n) is 12.2. The average molecular weight is 441 g/mol. The monoisotopic (exact) mass is 440 g/mol. The van der Waals surface area contributed by atoms with Crippen molar-refractivity contribution < 1.29 is 9.15 Å². The number of ether oxygens (including phenoxy) is 1. The molecule has 0 aliphatic heterocycles. The molecule has 3 aromatic rings. The van der Waals surface area contributed by atoms with Crippen LogP contribution in [0.5, 0.6) is 5.75 Å². The van der Waals surface area contributed by atoms with Gasteiger partial charge in [0, 0.05) is 5.39 Å². The van der Waals surface area contributed by atoms with Crippen LogP contribution >= 0.6 is 0 Å². The van der Waals surface area contributed by atoms with Crippen molar-refractivity contribution in [2.45, 2.75) is 90.4 Å². The van der Waals surface area contributed by atoms with Crippen molar-refractivity contribution in [1.82, 2.24) is 20.6 Å². The van der Waals surface area contributed by atoms with Crippen LogP contribution in [0.2, 0.25) is 0 Å². The molecular weight excluding hydrogens is 404 g/mol. The molecule has 32 heavy (non-hydrogen) atoms. The molecule has 3 rings (SSSR count). The fourth-order valence-electron chi connectivity index (χ4n) is 3.97. The van der Waals surface area contributed by atoms with Gasteiger partial charge in [0.2, 0.25) is 5.82 Å². The van der Waals surface area contributed by atoms with E-state index in [-0.39, 0.29) is 11.4 Å². The summed E-state index contributed by atoms with van der Waals surface area (Å²) in [6, 6.07) is 7.31. The second-order valence-electron chi connectivity index (χ2n) is 8.45. The number of hydrogen-bond acceptors (Lipinski definition) is 6. The maximum absolute atomic E-state index is 12.3. The zero-order valence-electron chi connectivity index (χ0n) is 19.3. The van der Waals surface area contributed by atoms with Crippen LogP contribution in [0.15, 0.2) is 33.5 Å². The zero-order valence-corrected chi connectivity index (χ0v) is 19.3. The third-order valence-electron chi connectivity index (χ3n) is 5.82. The molecular formula is C25H36N4O3. The van der Waals surface area contributed by atoms with Gasteiger partial charge < -0.3 is 9.15 Å². The van der Waals surface area contributed by atoms with Crippen molar-refractivity contribution in [2.75, 3.05) is 6.61 Å². The lowest BCUT2D eigenvalue weighted by molar-refractivity contribution is 0.302. The molecule has 0 aliphatic carbocycles. The van der Waals surface area contributed by atoms with E-state index in [1.807, 2.05) is 18.2 Å². The van der Waals surface area contributed by atoms with E-state index >= 15 is 0 Å². The second kappa shape index (κ2) is 13.7. The number of tetrazole rings is 1. The zero-order chi connectivity index (χ0) is 22.4. The van der Waals surface area contributed by atoms with E-state index in [1.165, 1.54) is 70.6 Å². The standard InChI is InChI=1S/C25H36N4O3/c1-2-3-4-5-6-7-8-9-10-11-12-13-14-18-31-22-17-15-16-20-19-21(24-26-28-29-27-24)25(30)32-23(20)22/h15-17,19H,2-14,18H2,1H3,(H,26,27,28,29). The number of para-hydroxylation sites is 1. The summed E-state index contributed by atoms with van der Waals surface area (Å²) < 4.78 is 11.4. The molecule has 0 fully saturated rings. The van der Waals surface area contributed by atoms with E-state index in [0.717, 1.165) is 18.2 Å². The number of aromatic amines is 1. The molecule has 0 amide bonds. The van der Waals surface area contributed by atoms with Crippen molar-refractivity contribution in [3.05, 3.63) is 34.7 Å². The summed E-state index contributed by atoms with van der Waals surface area (Å²) in [5, 5.41) is 14.3. The summed E-state index contributed by atoms with van der Waals surface area (Å²) in [6.45, 7) is 2.89. The van der Waals surface area contributed by atoms with Gasteiger partial charge in [0.25, 0.3) is 0 Å². The van der Waals surface area contributed by atoms with Gasteiger partial charge >= 0.3 is 5.63 Å². The molecule has 2 aromatic heterocycles. The molecule has 0 bridgehead atoms. The van der Waals surface area contributed by atoms with Gasteiger partial charge in [0.1, 0.15) is 5.56 Å². The molecule has 0 saturated carbocycles. The number of rotatable bonds is 16. The van der Waals surface area contributed by atoms with Crippen LogP contribution in [0, 0.1) is 0 Å². The van der Waals surface area contributed by atoms with Gasteiger partial charge in [-0.2, -0.15) is 5.21 Å². The first kappa shape index (κ1) is 24.0. The average Bonchev–Trinajstić information content (AvgIpc) is 3.34. The Labute approximate surface area is 189 Å². The number of aromatic nitrogens is 4. The second-order valence-corrected chi connectivity index (χ2v) is 8.45. The van der Waals surface area contributed by atoms with Crippen LogP contribution in [0.3, 0.4) is 0 Å². The van der Waals surface area contributed by atoms with Gasteiger partial charge in [0.15, 0.2) is 11.3 Å². The Bertz CT molecular complexity index is 969. The quantitative estimate of drug-likeness (QED) is 0.203. The predicted octanol–water partition coefficient (Wildman–Crippen LogP) is 6.44. The van der Waals surface area contributed by atoms with Gasteiger partial charge in [0.05, 0.1) is 6.61 Å². The first-order valence-corrected chi connectivity index (χ1v) is 12.2. The Morgan fingerprint density at radius 1 is 0.906 bits per heavy atom. The highest BCUT2D eigenvalue weighted by Gasteiger charge is 2.14. The summed E-state index contributed by atoms with van der Waals surface area (Å²) in [5.74, 6) is 0.817. The van der Waals surface area contributed by atoms with Gasteiger partial charge in [-0.3, -0.25) is 0 Å². The molecule has 1 N–H and O–H groups in total. The van der Waals surface area contributed by atoms with Gasteiger partial charge in [-0.15, -0.1) is 10.2 Å². The Morgan fingerprint density at radius 3 is 2.19 bits per heavy atom. The normalized spacial score (nSPS) is 11.3. The number of hydrogen-bond donors (Lipinski definition) is 1. The Hall–Kier alpha value is -2.70.